The fraction of sp³-hybridized carbons (Fsp3) is 0.294. The first kappa shape index (κ1) is 17.6. The van der Waals surface area contributed by atoms with Crippen molar-refractivity contribution in [3.8, 4) is 0 Å². The zero-order chi connectivity index (χ0) is 16.9. The van der Waals surface area contributed by atoms with Gasteiger partial charge in [0.15, 0.2) is 0 Å². The number of rotatable bonds is 7. The lowest BCUT2D eigenvalue weighted by molar-refractivity contribution is 0.0565. The Balaban J connectivity index is 1.95. The molecule has 0 heterocycles. The second-order valence-corrected chi connectivity index (χ2v) is 7.53. The van der Waals surface area contributed by atoms with Crippen LogP contribution in [0.4, 0.5) is 4.39 Å². The van der Waals surface area contributed by atoms with Gasteiger partial charge in [0.05, 0.1) is 10.5 Å². The molecule has 1 atom stereocenters. The first-order valence-corrected chi connectivity index (χ1v) is 8.78. The maximum atomic E-state index is 13.1. The van der Waals surface area contributed by atoms with Crippen molar-refractivity contribution in [2.45, 2.75) is 30.3 Å². The standard InChI is InChI=1S/C17H20FNO3S/c1-17(20,11-10-14-6-3-2-4-7-14)13-19-23(21,22)16-9-5-8-15(18)12-16/h2-9,12,19-20H,10-11,13H2,1H3. The number of halogens is 1. The first-order chi connectivity index (χ1) is 10.8. The Morgan fingerprint density at radius 1 is 1.13 bits per heavy atom. The van der Waals surface area contributed by atoms with Crippen molar-refractivity contribution in [3.63, 3.8) is 0 Å². The average Bonchev–Trinajstić information content (AvgIpc) is 2.53. The topological polar surface area (TPSA) is 66.4 Å². The largest absolute Gasteiger partial charge is 0.389 e. The Labute approximate surface area is 136 Å². The quantitative estimate of drug-likeness (QED) is 0.816. The summed E-state index contributed by atoms with van der Waals surface area (Å²) < 4.78 is 39.7. The summed E-state index contributed by atoms with van der Waals surface area (Å²) in [5.74, 6) is -0.622. The number of aryl methyl sites for hydroxylation is 1. The van der Waals surface area contributed by atoms with E-state index >= 15 is 0 Å². The molecule has 0 aliphatic heterocycles. The molecule has 0 fully saturated rings. The molecule has 0 aliphatic carbocycles. The minimum Gasteiger partial charge on any atom is -0.389 e. The third-order valence-corrected chi connectivity index (χ3v) is 4.94. The molecular weight excluding hydrogens is 317 g/mol. The molecule has 2 aromatic rings. The first-order valence-electron chi connectivity index (χ1n) is 7.30. The Morgan fingerprint density at radius 3 is 2.48 bits per heavy atom. The van der Waals surface area contributed by atoms with E-state index < -0.39 is 21.4 Å². The van der Waals surface area contributed by atoms with Gasteiger partial charge in [0.25, 0.3) is 0 Å². The molecule has 4 nitrogen and oxygen atoms in total. The summed E-state index contributed by atoms with van der Waals surface area (Å²) >= 11 is 0. The van der Waals surface area contributed by atoms with Crippen LogP contribution in [0.3, 0.4) is 0 Å². The minimum atomic E-state index is -3.85. The smallest absolute Gasteiger partial charge is 0.240 e. The summed E-state index contributed by atoms with van der Waals surface area (Å²) in [6, 6.07) is 14.4. The van der Waals surface area contributed by atoms with Gasteiger partial charge in [-0.15, -0.1) is 0 Å². The molecule has 6 heteroatoms. The molecule has 2 rings (SSSR count). The van der Waals surface area contributed by atoms with E-state index in [0.717, 1.165) is 11.6 Å². The number of nitrogens with one attached hydrogen (secondary N) is 1. The molecule has 23 heavy (non-hydrogen) atoms. The zero-order valence-electron chi connectivity index (χ0n) is 12.9. The van der Waals surface area contributed by atoms with E-state index in [4.69, 9.17) is 0 Å². The molecule has 2 N–H and O–H groups in total. The van der Waals surface area contributed by atoms with Crippen LogP contribution in [0.5, 0.6) is 0 Å². The van der Waals surface area contributed by atoms with E-state index in [2.05, 4.69) is 4.72 Å². The summed E-state index contributed by atoms with van der Waals surface area (Å²) in [5.41, 5.74) is -0.128. The Hall–Kier alpha value is -1.76. The molecular formula is C17H20FNO3S. The molecule has 1 unspecified atom stereocenters. The van der Waals surface area contributed by atoms with Crippen LogP contribution < -0.4 is 4.72 Å². The van der Waals surface area contributed by atoms with Crippen LogP contribution >= 0.6 is 0 Å². The van der Waals surface area contributed by atoms with E-state index in [-0.39, 0.29) is 11.4 Å². The highest BCUT2D eigenvalue weighted by molar-refractivity contribution is 7.89. The van der Waals surface area contributed by atoms with Gasteiger partial charge in [-0.1, -0.05) is 36.4 Å². The summed E-state index contributed by atoms with van der Waals surface area (Å²) in [4.78, 5) is -0.156. The third kappa shape index (κ3) is 5.42. The second-order valence-electron chi connectivity index (χ2n) is 5.76. The van der Waals surface area contributed by atoms with Crippen LogP contribution in [0.1, 0.15) is 18.9 Å². The van der Waals surface area contributed by atoms with Gasteiger partial charge in [-0.25, -0.2) is 17.5 Å². The van der Waals surface area contributed by atoms with Gasteiger partial charge in [0.1, 0.15) is 5.82 Å². The molecule has 0 radical (unpaired) electrons. The van der Waals surface area contributed by atoms with Crippen molar-refractivity contribution >= 4 is 10.0 Å². The van der Waals surface area contributed by atoms with Gasteiger partial charge in [-0.3, -0.25) is 0 Å². The van der Waals surface area contributed by atoms with Gasteiger partial charge in [-0.05, 0) is 43.5 Å². The SMILES string of the molecule is CC(O)(CCc1ccccc1)CNS(=O)(=O)c1cccc(F)c1. The summed E-state index contributed by atoms with van der Waals surface area (Å²) in [6.07, 6.45) is 1.04. The lowest BCUT2D eigenvalue weighted by Crippen LogP contribution is -2.40. The second kappa shape index (κ2) is 7.21. The predicted molar refractivity (Wildman–Crippen MR) is 87.0 cm³/mol. The van der Waals surface area contributed by atoms with Crippen molar-refractivity contribution in [1.82, 2.24) is 4.72 Å². The molecule has 0 aliphatic rings. The van der Waals surface area contributed by atoms with E-state index in [1.54, 1.807) is 6.92 Å². The van der Waals surface area contributed by atoms with E-state index in [1.165, 1.54) is 18.2 Å². The van der Waals surface area contributed by atoms with E-state index in [1.807, 2.05) is 30.3 Å². The maximum absolute atomic E-state index is 13.1. The lowest BCUT2D eigenvalue weighted by Gasteiger charge is -2.23. The van der Waals surface area contributed by atoms with Crippen molar-refractivity contribution in [3.05, 3.63) is 66.0 Å². The number of hydrogen-bond acceptors (Lipinski definition) is 3. The minimum absolute atomic E-state index is 0.140. The third-order valence-electron chi connectivity index (χ3n) is 3.54. The van der Waals surface area contributed by atoms with Crippen LogP contribution in [-0.4, -0.2) is 25.7 Å². The molecule has 0 aromatic heterocycles. The van der Waals surface area contributed by atoms with Gasteiger partial charge < -0.3 is 5.11 Å². The molecule has 0 bridgehead atoms. The highest BCUT2D eigenvalue weighted by atomic mass is 32.2. The molecule has 0 saturated heterocycles. The molecule has 0 amide bonds. The Morgan fingerprint density at radius 2 is 1.83 bits per heavy atom. The van der Waals surface area contributed by atoms with Crippen molar-refractivity contribution < 1.29 is 17.9 Å². The Kier molecular flexibility index (Phi) is 5.51. The summed E-state index contributed by atoms with van der Waals surface area (Å²) in [7, 11) is -3.85. The summed E-state index contributed by atoms with van der Waals surface area (Å²) in [6.45, 7) is 1.43. The maximum Gasteiger partial charge on any atom is 0.240 e. The van der Waals surface area contributed by atoms with E-state index in [9.17, 15) is 17.9 Å². The average molecular weight is 337 g/mol. The van der Waals surface area contributed by atoms with Crippen LogP contribution in [-0.2, 0) is 16.4 Å². The van der Waals surface area contributed by atoms with Crippen molar-refractivity contribution in [2.24, 2.45) is 0 Å². The predicted octanol–water partition coefficient (Wildman–Crippen LogP) is 2.49. The zero-order valence-corrected chi connectivity index (χ0v) is 13.7. The fourth-order valence-corrected chi connectivity index (χ4v) is 3.31. The summed E-state index contributed by atoms with van der Waals surface area (Å²) in [5, 5.41) is 10.3. The van der Waals surface area contributed by atoms with Crippen LogP contribution in [0.15, 0.2) is 59.5 Å². The highest BCUT2D eigenvalue weighted by Gasteiger charge is 2.24. The van der Waals surface area contributed by atoms with Crippen LogP contribution in [0.2, 0.25) is 0 Å². The highest BCUT2D eigenvalue weighted by Crippen LogP contribution is 2.15. The van der Waals surface area contributed by atoms with Gasteiger partial charge >= 0.3 is 0 Å². The van der Waals surface area contributed by atoms with Crippen molar-refractivity contribution in [1.29, 1.82) is 0 Å². The lowest BCUT2D eigenvalue weighted by atomic mass is 9.97. The molecule has 2 aromatic carbocycles. The van der Waals surface area contributed by atoms with Gasteiger partial charge in [-0.2, -0.15) is 0 Å². The molecule has 0 saturated carbocycles. The monoisotopic (exact) mass is 337 g/mol. The van der Waals surface area contributed by atoms with Crippen LogP contribution in [0, 0.1) is 5.82 Å². The number of aliphatic hydroxyl groups is 1. The van der Waals surface area contributed by atoms with E-state index in [0.29, 0.717) is 12.8 Å². The molecule has 0 spiro atoms. The Bertz CT molecular complexity index is 745. The number of hydrogen-bond donors (Lipinski definition) is 2. The van der Waals surface area contributed by atoms with Crippen molar-refractivity contribution in [2.75, 3.05) is 6.54 Å². The molecule has 124 valence electrons. The normalized spacial score (nSPS) is 14.4. The number of sulfonamides is 1. The van der Waals surface area contributed by atoms with Gasteiger partial charge in [0, 0.05) is 6.54 Å². The van der Waals surface area contributed by atoms with Crippen LogP contribution in [0.25, 0.3) is 0 Å². The fourth-order valence-electron chi connectivity index (χ4n) is 2.11. The number of benzene rings is 2. The van der Waals surface area contributed by atoms with Gasteiger partial charge in [0.2, 0.25) is 10.0 Å².